The van der Waals surface area contributed by atoms with Crippen molar-refractivity contribution in [2.75, 3.05) is 13.7 Å². The maximum atomic E-state index is 12.4. The van der Waals surface area contributed by atoms with Crippen LogP contribution in [0.5, 0.6) is 17.2 Å². The van der Waals surface area contributed by atoms with Crippen LogP contribution in [0.25, 0.3) is 0 Å². The van der Waals surface area contributed by atoms with Crippen LogP contribution >= 0.6 is 0 Å². The van der Waals surface area contributed by atoms with Gasteiger partial charge in [0.1, 0.15) is 17.4 Å². The molecule has 1 N–H and O–H groups in total. The average molecular weight is 372 g/mol. The van der Waals surface area contributed by atoms with Gasteiger partial charge in [0.15, 0.2) is 11.5 Å². The van der Waals surface area contributed by atoms with Gasteiger partial charge in [0.05, 0.1) is 13.7 Å². The van der Waals surface area contributed by atoms with E-state index in [0.717, 1.165) is 29.9 Å². The van der Waals surface area contributed by atoms with Crippen LogP contribution in [0.15, 0.2) is 12.1 Å². The van der Waals surface area contributed by atoms with E-state index in [1.165, 1.54) is 4.90 Å². The van der Waals surface area contributed by atoms with E-state index in [2.05, 4.69) is 5.32 Å². The molecule has 27 heavy (non-hydrogen) atoms. The highest BCUT2D eigenvalue weighted by molar-refractivity contribution is 6.06. The summed E-state index contributed by atoms with van der Waals surface area (Å²) in [6.45, 7) is 4.16. The molecule has 1 saturated heterocycles. The fourth-order valence-corrected chi connectivity index (χ4v) is 4.40. The predicted molar refractivity (Wildman–Crippen MR) is 96.3 cm³/mol. The summed E-state index contributed by atoms with van der Waals surface area (Å²) < 4.78 is 17.7. The summed E-state index contributed by atoms with van der Waals surface area (Å²) >= 11 is 0. The number of hydrogen-bond donors (Lipinski definition) is 1. The fraction of sp³-hybridized carbons (Fsp3) is 0.600. The average Bonchev–Trinajstić information content (AvgIpc) is 3.22. The molecule has 2 aliphatic heterocycles. The molecule has 7 nitrogen and oxygen atoms in total. The molecule has 144 valence electrons. The Morgan fingerprint density at radius 3 is 2.56 bits per heavy atom. The third kappa shape index (κ3) is 2.33. The second kappa shape index (κ2) is 5.30. The van der Waals surface area contributed by atoms with Crippen molar-refractivity contribution in [3.63, 3.8) is 0 Å². The minimum atomic E-state index is -0.831. The Balaban J connectivity index is 1.34. The summed E-state index contributed by atoms with van der Waals surface area (Å²) in [4.78, 5) is 26.0. The van der Waals surface area contributed by atoms with E-state index in [1.54, 1.807) is 21.0 Å². The van der Waals surface area contributed by atoms with Crippen LogP contribution in [-0.2, 0) is 10.2 Å². The molecule has 5 rings (SSSR count). The first kappa shape index (κ1) is 16.7. The predicted octanol–water partition coefficient (Wildman–Crippen LogP) is 2.36. The van der Waals surface area contributed by atoms with Gasteiger partial charge < -0.3 is 19.5 Å². The van der Waals surface area contributed by atoms with Crippen molar-refractivity contribution in [2.24, 2.45) is 0 Å². The summed E-state index contributed by atoms with van der Waals surface area (Å²) in [6, 6.07) is 3.41. The normalized spacial score (nSPS) is 29.1. The van der Waals surface area contributed by atoms with Crippen molar-refractivity contribution in [2.45, 2.75) is 62.6 Å². The molecule has 2 heterocycles. The molecular weight excluding hydrogens is 348 g/mol. The number of urea groups is 1. The zero-order valence-electron chi connectivity index (χ0n) is 15.8. The number of fused-ring (bicyclic) bond motifs is 2. The molecule has 4 aliphatic rings. The third-order valence-electron chi connectivity index (χ3n) is 6.30. The van der Waals surface area contributed by atoms with Gasteiger partial charge in [-0.15, -0.1) is 0 Å². The molecule has 7 heteroatoms. The Bertz CT molecular complexity index is 839. The van der Waals surface area contributed by atoms with E-state index in [4.69, 9.17) is 14.2 Å². The van der Waals surface area contributed by atoms with Gasteiger partial charge in [-0.05, 0) is 38.8 Å². The van der Waals surface area contributed by atoms with Crippen LogP contribution in [0.1, 0.15) is 45.1 Å². The van der Waals surface area contributed by atoms with Gasteiger partial charge in [-0.3, -0.25) is 9.69 Å². The van der Waals surface area contributed by atoms with Crippen LogP contribution in [0.4, 0.5) is 4.79 Å². The van der Waals surface area contributed by atoms with Gasteiger partial charge in [-0.25, -0.2) is 4.79 Å². The summed E-state index contributed by atoms with van der Waals surface area (Å²) in [5, 5.41) is 2.74. The summed E-state index contributed by atoms with van der Waals surface area (Å²) in [7, 11) is 1.64. The van der Waals surface area contributed by atoms with E-state index in [9.17, 15) is 9.59 Å². The molecule has 2 saturated carbocycles. The molecule has 0 atom stereocenters. The van der Waals surface area contributed by atoms with Crippen LogP contribution in [0, 0.1) is 0 Å². The Morgan fingerprint density at radius 1 is 1.22 bits per heavy atom. The number of nitrogens with one attached hydrogen (secondary N) is 1. The topological polar surface area (TPSA) is 77.1 Å². The van der Waals surface area contributed by atoms with E-state index in [-0.39, 0.29) is 29.5 Å². The highest BCUT2D eigenvalue weighted by Crippen LogP contribution is 2.60. The van der Waals surface area contributed by atoms with Crippen LogP contribution in [0.2, 0.25) is 0 Å². The molecule has 3 fully saturated rings. The van der Waals surface area contributed by atoms with Crippen LogP contribution in [0.3, 0.4) is 0 Å². The largest absolute Gasteiger partial charge is 0.493 e. The number of rotatable bonds is 4. The van der Waals surface area contributed by atoms with Crippen molar-refractivity contribution in [3.05, 3.63) is 17.7 Å². The highest BCUT2D eigenvalue weighted by atomic mass is 16.5. The number of carbonyl (C=O) groups is 2. The fourth-order valence-electron chi connectivity index (χ4n) is 4.40. The summed E-state index contributed by atoms with van der Waals surface area (Å²) in [5.41, 5.74) is 0.376. The van der Waals surface area contributed by atoms with Gasteiger partial charge in [-0.2, -0.15) is 0 Å². The molecule has 0 unspecified atom stereocenters. The Morgan fingerprint density at radius 2 is 1.96 bits per heavy atom. The Labute approximate surface area is 157 Å². The quantitative estimate of drug-likeness (QED) is 0.821. The second-order valence-electron chi connectivity index (χ2n) is 8.63. The van der Waals surface area contributed by atoms with E-state index in [0.29, 0.717) is 25.2 Å². The lowest BCUT2D eigenvalue weighted by atomic mass is 9.87. The number of methoxy groups -OCH3 is 1. The number of nitrogens with zero attached hydrogens (tertiary/aromatic N) is 1. The molecule has 3 amide bonds. The first-order valence-electron chi connectivity index (χ1n) is 9.51. The van der Waals surface area contributed by atoms with Crippen molar-refractivity contribution >= 4 is 11.9 Å². The van der Waals surface area contributed by atoms with Gasteiger partial charge >= 0.3 is 6.03 Å². The van der Waals surface area contributed by atoms with E-state index >= 15 is 0 Å². The second-order valence-corrected chi connectivity index (χ2v) is 8.63. The molecule has 1 aromatic carbocycles. The minimum absolute atomic E-state index is 0.0453. The first-order chi connectivity index (χ1) is 12.8. The molecule has 1 aromatic rings. The SMILES string of the molecule is COc1ccc2c(c1OC1CC(N3C(=O)NC(C)(C)C3=O)C1)C1(CC1)CO2. The molecule has 1 spiro atoms. The van der Waals surface area contributed by atoms with Gasteiger partial charge in [-0.1, -0.05) is 0 Å². The lowest BCUT2D eigenvalue weighted by molar-refractivity contribution is -0.134. The van der Waals surface area contributed by atoms with Crippen molar-refractivity contribution in [1.29, 1.82) is 0 Å². The van der Waals surface area contributed by atoms with Crippen molar-refractivity contribution in [1.82, 2.24) is 10.2 Å². The highest BCUT2D eigenvalue weighted by Gasteiger charge is 2.55. The lowest BCUT2D eigenvalue weighted by Crippen LogP contribution is -2.52. The minimum Gasteiger partial charge on any atom is -0.493 e. The summed E-state index contributed by atoms with van der Waals surface area (Å²) in [6.07, 6.45) is 3.44. The van der Waals surface area contributed by atoms with Crippen molar-refractivity contribution in [3.8, 4) is 17.2 Å². The van der Waals surface area contributed by atoms with Crippen LogP contribution < -0.4 is 19.5 Å². The van der Waals surface area contributed by atoms with Gasteiger partial charge in [0.25, 0.3) is 5.91 Å². The number of amides is 3. The van der Waals surface area contributed by atoms with Crippen molar-refractivity contribution < 1.29 is 23.8 Å². The molecule has 0 radical (unpaired) electrons. The maximum absolute atomic E-state index is 12.4. The zero-order valence-corrected chi connectivity index (χ0v) is 15.8. The van der Waals surface area contributed by atoms with Gasteiger partial charge in [0.2, 0.25) is 0 Å². The third-order valence-corrected chi connectivity index (χ3v) is 6.30. The summed E-state index contributed by atoms with van der Waals surface area (Å²) in [5.74, 6) is 2.20. The monoisotopic (exact) mass is 372 g/mol. The van der Waals surface area contributed by atoms with Crippen LogP contribution in [-0.4, -0.2) is 48.2 Å². The molecule has 2 aliphatic carbocycles. The number of carbonyl (C=O) groups excluding carboxylic acids is 2. The first-order valence-corrected chi connectivity index (χ1v) is 9.51. The number of ether oxygens (including phenoxy) is 3. The van der Waals surface area contributed by atoms with E-state index in [1.807, 2.05) is 12.1 Å². The Hall–Kier alpha value is -2.44. The number of imide groups is 1. The smallest absolute Gasteiger partial charge is 0.325 e. The Kier molecular flexibility index (Phi) is 3.28. The molecule has 0 aromatic heterocycles. The number of hydrogen-bond acceptors (Lipinski definition) is 5. The molecule has 0 bridgehead atoms. The number of benzene rings is 1. The van der Waals surface area contributed by atoms with E-state index < -0.39 is 5.54 Å². The van der Waals surface area contributed by atoms with Gasteiger partial charge in [0, 0.05) is 29.9 Å². The zero-order chi connectivity index (χ0) is 19.0. The maximum Gasteiger partial charge on any atom is 0.325 e. The standard InChI is InChI=1S/C20H24N2O5/c1-19(2)17(23)22(18(24)21-19)11-8-12(9-11)27-16-14(25-3)5-4-13-15(16)20(6-7-20)10-26-13/h4-5,11-12H,6-10H2,1-3H3,(H,21,24). The molecular formula is C20H24N2O5. The lowest BCUT2D eigenvalue weighted by Gasteiger charge is -2.40.